The molecule has 1 aliphatic rings. The van der Waals surface area contributed by atoms with Crippen LogP contribution < -0.4 is 0 Å². The van der Waals surface area contributed by atoms with Gasteiger partial charge in [0.05, 0.1) is 3.79 Å². The van der Waals surface area contributed by atoms with Gasteiger partial charge in [-0.15, -0.1) is 12.3 Å². The molecule has 1 aliphatic heterocycles. The molecule has 1 aromatic heterocycles. The predicted molar refractivity (Wildman–Crippen MR) is 66.6 cm³/mol. The summed E-state index contributed by atoms with van der Waals surface area (Å²) in [6.07, 6.45) is 9.80. The van der Waals surface area contributed by atoms with Gasteiger partial charge in [0.1, 0.15) is 0 Å². The Kier molecular flexibility index (Phi) is 3.79. The van der Waals surface area contributed by atoms with Crippen LogP contribution in [0.1, 0.15) is 18.4 Å². The zero-order chi connectivity index (χ0) is 10.7. The highest BCUT2D eigenvalue weighted by Crippen LogP contribution is 2.24. The van der Waals surface area contributed by atoms with Crippen molar-refractivity contribution in [2.24, 2.45) is 5.92 Å². The number of nitrogens with zero attached hydrogens (tertiary/aromatic N) is 2. The van der Waals surface area contributed by atoms with Crippen molar-refractivity contribution in [3.8, 4) is 12.3 Å². The van der Waals surface area contributed by atoms with Gasteiger partial charge in [-0.2, -0.15) is 4.37 Å². The van der Waals surface area contributed by atoms with Crippen LogP contribution in [0, 0.1) is 18.3 Å². The summed E-state index contributed by atoms with van der Waals surface area (Å²) in [6, 6.07) is 0. The van der Waals surface area contributed by atoms with E-state index in [1.165, 1.54) is 29.9 Å². The lowest BCUT2D eigenvalue weighted by atomic mass is 9.99. The van der Waals surface area contributed by atoms with Crippen molar-refractivity contribution in [2.45, 2.75) is 19.4 Å². The van der Waals surface area contributed by atoms with Crippen LogP contribution in [-0.4, -0.2) is 22.4 Å². The van der Waals surface area contributed by atoms with E-state index in [0.29, 0.717) is 5.92 Å². The third kappa shape index (κ3) is 2.81. The standard InChI is InChI=1S/C11H13BrN2S/c1-2-9-4-3-5-14(7-9)8-10-6-13-15-11(10)12/h1,6,9H,3-5,7-8H2. The molecule has 1 aromatic rings. The van der Waals surface area contributed by atoms with Crippen LogP contribution in [0.4, 0.5) is 0 Å². The molecule has 2 nitrogen and oxygen atoms in total. The van der Waals surface area contributed by atoms with Gasteiger partial charge in [0, 0.05) is 30.8 Å². The van der Waals surface area contributed by atoms with Gasteiger partial charge in [-0.3, -0.25) is 4.90 Å². The molecule has 1 saturated heterocycles. The molecule has 2 rings (SSSR count). The third-order valence-corrected chi connectivity index (χ3v) is 4.31. The van der Waals surface area contributed by atoms with E-state index in [4.69, 9.17) is 6.42 Å². The molecule has 1 atom stereocenters. The molecule has 0 bridgehead atoms. The minimum Gasteiger partial charge on any atom is -0.298 e. The minimum absolute atomic E-state index is 0.434. The number of likely N-dealkylation sites (tertiary alicyclic amines) is 1. The largest absolute Gasteiger partial charge is 0.298 e. The molecule has 0 aromatic carbocycles. The van der Waals surface area contributed by atoms with Crippen LogP contribution >= 0.6 is 27.5 Å². The Balaban J connectivity index is 1.95. The normalized spacial score (nSPS) is 22.5. The number of rotatable bonds is 2. The van der Waals surface area contributed by atoms with Gasteiger partial charge in [0.2, 0.25) is 0 Å². The lowest BCUT2D eigenvalue weighted by Gasteiger charge is -2.29. The SMILES string of the molecule is C#CC1CCCN(Cc2cnsc2Br)C1. The summed E-state index contributed by atoms with van der Waals surface area (Å²) in [6.45, 7) is 3.15. The van der Waals surface area contributed by atoms with Gasteiger partial charge in [0.25, 0.3) is 0 Å². The van der Waals surface area contributed by atoms with Crippen molar-refractivity contribution < 1.29 is 0 Å². The maximum absolute atomic E-state index is 5.47. The zero-order valence-electron chi connectivity index (χ0n) is 8.45. The van der Waals surface area contributed by atoms with Gasteiger partial charge in [0.15, 0.2) is 0 Å². The summed E-state index contributed by atoms with van der Waals surface area (Å²) >= 11 is 5.01. The number of hydrogen-bond acceptors (Lipinski definition) is 3. The molecule has 0 amide bonds. The van der Waals surface area contributed by atoms with E-state index in [1.807, 2.05) is 6.20 Å². The quantitative estimate of drug-likeness (QED) is 0.777. The number of piperidine rings is 1. The number of terminal acetylenes is 1. The molecular weight excluding hydrogens is 272 g/mol. The summed E-state index contributed by atoms with van der Waals surface area (Å²) in [4.78, 5) is 2.42. The second-order valence-electron chi connectivity index (χ2n) is 3.87. The molecule has 2 heterocycles. The molecule has 1 unspecified atom stereocenters. The number of hydrogen-bond donors (Lipinski definition) is 0. The molecule has 15 heavy (non-hydrogen) atoms. The highest BCUT2D eigenvalue weighted by atomic mass is 79.9. The van der Waals surface area contributed by atoms with Crippen LogP contribution in [0.15, 0.2) is 9.98 Å². The smallest absolute Gasteiger partial charge is 0.0950 e. The summed E-state index contributed by atoms with van der Waals surface area (Å²) in [5.41, 5.74) is 1.28. The van der Waals surface area contributed by atoms with Crippen molar-refractivity contribution >= 4 is 27.5 Å². The van der Waals surface area contributed by atoms with E-state index in [1.54, 1.807) is 0 Å². The summed E-state index contributed by atoms with van der Waals surface area (Å²) < 4.78 is 5.30. The Morgan fingerprint density at radius 2 is 2.60 bits per heavy atom. The Morgan fingerprint density at radius 1 is 1.73 bits per heavy atom. The maximum atomic E-state index is 5.47. The molecule has 80 valence electrons. The first kappa shape index (κ1) is 11.1. The topological polar surface area (TPSA) is 16.1 Å². The first-order valence-electron chi connectivity index (χ1n) is 5.07. The molecular formula is C11H13BrN2S. The van der Waals surface area contributed by atoms with Crippen LogP contribution in [-0.2, 0) is 6.54 Å². The number of aromatic nitrogens is 1. The second kappa shape index (κ2) is 5.11. The van der Waals surface area contributed by atoms with Crippen molar-refractivity contribution in [3.05, 3.63) is 15.5 Å². The zero-order valence-corrected chi connectivity index (χ0v) is 10.9. The first-order valence-corrected chi connectivity index (χ1v) is 6.64. The summed E-state index contributed by atoms with van der Waals surface area (Å²) in [7, 11) is 0. The van der Waals surface area contributed by atoms with Crippen molar-refractivity contribution in [3.63, 3.8) is 0 Å². The van der Waals surface area contributed by atoms with E-state index >= 15 is 0 Å². The summed E-state index contributed by atoms with van der Waals surface area (Å²) in [5.74, 6) is 3.30. The van der Waals surface area contributed by atoms with Gasteiger partial charge >= 0.3 is 0 Å². The van der Waals surface area contributed by atoms with Crippen molar-refractivity contribution in [2.75, 3.05) is 13.1 Å². The molecule has 0 saturated carbocycles. The van der Waals surface area contributed by atoms with Crippen LogP contribution in [0.5, 0.6) is 0 Å². The lowest BCUT2D eigenvalue weighted by Crippen LogP contribution is -2.34. The molecule has 1 fully saturated rings. The van der Waals surface area contributed by atoms with E-state index in [-0.39, 0.29) is 0 Å². The lowest BCUT2D eigenvalue weighted by molar-refractivity contribution is 0.193. The van der Waals surface area contributed by atoms with Crippen LogP contribution in [0.2, 0.25) is 0 Å². The van der Waals surface area contributed by atoms with E-state index in [9.17, 15) is 0 Å². The van der Waals surface area contributed by atoms with Gasteiger partial charge < -0.3 is 0 Å². The monoisotopic (exact) mass is 284 g/mol. The summed E-state index contributed by atoms with van der Waals surface area (Å²) in [5, 5.41) is 0. The molecule has 0 aliphatic carbocycles. The Bertz CT molecular complexity index is 369. The highest BCUT2D eigenvalue weighted by Gasteiger charge is 2.19. The Labute approximate surface area is 103 Å². The Morgan fingerprint density at radius 3 is 3.27 bits per heavy atom. The second-order valence-corrected chi connectivity index (χ2v) is 5.99. The average molecular weight is 285 g/mol. The van der Waals surface area contributed by atoms with Crippen LogP contribution in [0.25, 0.3) is 0 Å². The van der Waals surface area contributed by atoms with Crippen molar-refractivity contribution in [1.29, 1.82) is 0 Å². The van der Waals surface area contributed by atoms with Crippen LogP contribution in [0.3, 0.4) is 0 Å². The fraction of sp³-hybridized carbons (Fsp3) is 0.545. The fourth-order valence-corrected chi connectivity index (χ4v) is 2.91. The Hall–Kier alpha value is -0.370. The first-order chi connectivity index (χ1) is 7.29. The minimum atomic E-state index is 0.434. The third-order valence-electron chi connectivity index (χ3n) is 2.73. The van der Waals surface area contributed by atoms with E-state index < -0.39 is 0 Å². The highest BCUT2D eigenvalue weighted by molar-refractivity contribution is 9.11. The average Bonchev–Trinajstić information content (AvgIpc) is 2.65. The molecule has 0 N–H and O–H groups in total. The number of halogens is 1. The molecule has 0 spiro atoms. The fourth-order valence-electron chi connectivity index (χ4n) is 1.92. The molecule has 0 radical (unpaired) electrons. The van der Waals surface area contributed by atoms with Crippen molar-refractivity contribution in [1.82, 2.24) is 9.27 Å². The van der Waals surface area contributed by atoms with Gasteiger partial charge in [-0.1, -0.05) is 0 Å². The maximum Gasteiger partial charge on any atom is 0.0950 e. The predicted octanol–water partition coefficient (Wildman–Crippen LogP) is 2.75. The molecule has 4 heteroatoms. The van der Waals surface area contributed by atoms with Gasteiger partial charge in [-0.05, 0) is 46.8 Å². The van der Waals surface area contributed by atoms with E-state index in [2.05, 4.69) is 31.1 Å². The van der Waals surface area contributed by atoms with E-state index in [0.717, 1.165) is 23.4 Å². The van der Waals surface area contributed by atoms with Gasteiger partial charge in [-0.25, -0.2) is 0 Å².